The molecule has 2 aromatic rings. The van der Waals surface area contributed by atoms with Crippen LogP contribution >= 0.6 is 0 Å². The highest BCUT2D eigenvalue weighted by molar-refractivity contribution is 6.08. The zero-order valence-corrected chi connectivity index (χ0v) is 20.5. The van der Waals surface area contributed by atoms with Gasteiger partial charge < -0.3 is 24.4 Å². The average molecular weight is 490 g/mol. The molecule has 0 aromatic heterocycles. The summed E-state index contributed by atoms with van der Waals surface area (Å²) in [5.74, 6) is -0.306. The molecule has 0 radical (unpaired) electrons. The number of carbonyl (C=O) groups excluding carboxylic acids is 2. The van der Waals surface area contributed by atoms with E-state index in [0.29, 0.717) is 50.4 Å². The predicted molar refractivity (Wildman–Crippen MR) is 136 cm³/mol. The Morgan fingerprint density at radius 3 is 2.44 bits per heavy atom. The van der Waals surface area contributed by atoms with Gasteiger partial charge in [-0.3, -0.25) is 4.79 Å². The Bertz CT molecular complexity index is 1480. The van der Waals surface area contributed by atoms with E-state index in [9.17, 15) is 14.4 Å². The lowest BCUT2D eigenvalue weighted by molar-refractivity contribution is -0.157. The summed E-state index contributed by atoms with van der Waals surface area (Å²) in [6.45, 7) is 6.98. The number of esters is 2. The lowest BCUT2D eigenvalue weighted by Crippen LogP contribution is -2.27. The number of fused-ring (bicyclic) bond motifs is 2. The van der Waals surface area contributed by atoms with Gasteiger partial charge in [0, 0.05) is 34.3 Å². The summed E-state index contributed by atoms with van der Waals surface area (Å²) in [6, 6.07) is 14.6. The van der Waals surface area contributed by atoms with Crippen molar-refractivity contribution < 1.29 is 28.2 Å². The second-order valence-corrected chi connectivity index (χ2v) is 9.19. The first-order valence-corrected chi connectivity index (χ1v) is 11.5. The van der Waals surface area contributed by atoms with Crippen molar-refractivity contribution in [2.45, 2.75) is 33.3 Å². The van der Waals surface area contributed by atoms with E-state index < -0.39 is 17.5 Å². The minimum atomic E-state index is -0.626. The molecule has 0 amide bonds. The monoisotopic (exact) mass is 489 g/mol. The van der Waals surface area contributed by atoms with Crippen LogP contribution in [-0.2, 0) is 14.3 Å². The van der Waals surface area contributed by atoms with Crippen LogP contribution in [0.2, 0.25) is 0 Å². The van der Waals surface area contributed by atoms with E-state index in [4.69, 9.17) is 24.4 Å². The molecular weight excluding hydrogens is 462 g/mol. The molecule has 8 heteroatoms. The molecule has 186 valence electrons. The summed E-state index contributed by atoms with van der Waals surface area (Å²) in [5.41, 5.74) is 8.12. The Kier molecular flexibility index (Phi) is 6.70. The maximum absolute atomic E-state index is 12.8. The van der Waals surface area contributed by atoms with Gasteiger partial charge in [0.25, 0.3) is 0 Å². The maximum atomic E-state index is 12.8. The van der Waals surface area contributed by atoms with Crippen LogP contribution in [-0.4, -0.2) is 30.8 Å². The van der Waals surface area contributed by atoms with Gasteiger partial charge >= 0.3 is 11.9 Å². The van der Waals surface area contributed by atoms with Crippen LogP contribution in [0.4, 0.5) is 5.69 Å². The highest BCUT2D eigenvalue weighted by atomic mass is 16.6. The van der Waals surface area contributed by atoms with E-state index in [2.05, 4.69) is 0 Å². The third kappa shape index (κ3) is 5.33. The Labute approximate surface area is 207 Å². The number of benzene rings is 3. The second-order valence-electron chi connectivity index (χ2n) is 9.19. The van der Waals surface area contributed by atoms with Crippen LogP contribution in [0.5, 0.6) is 5.75 Å². The van der Waals surface area contributed by atoms with Gasteiger partial charge in [0.2, 0.25) is 0 Å². The van der Waals surface area contributed by atoms with Crippen molar-refractivity contribution in [2.75, 3.05) is 18.9 Å². The number of hydrogen-bond acceptors (Lipinski definition) is 8. The van der Waals surface area contributed by atoms with Gasteiger partial charge in [0.15, 0.2) is 12.0 Å². The number of nitrogen functional groups attached to an aromatic ring is 1. The summed E-state index contributed by atoms with van der Waals surface area (Å²) in [6.07, 6.45) is 0. The van der Waals surface area contributed by atoms with E-state index in [1.54, 1.807) is 70.2 Å². The molecule has 0 saturated heterocycles. The van der Waals surface area contributed by atoms with Gasteiger partial charge in [0.1, 0.15) is 22.7 Å². The highest BCUT2D eigenvalue weighted by Gasteiger charge is 2.23. The van der Waals surface area contributed by atoms with E-state index in [0.717, 1.165) is 0 Å². The molecule has 4 rings (SSSR count). The molecular formula is C28H27NO7. The largest absolute Gasteiger partial charge is 0.482 e. The molecule has 0 atom stereocenters. The molecule has 1 aliphatic carbocycles. The summed E-state index contributed by atoms with van der Waals surface area (Å²) in [4.78, 5) is 37.0. The molecule has 0 spiro atoms. The van der Waals surface area contributed by atoms with Gasteiger partial charge in [-0.1, -0.05) is 6.07 Å². The van der Waals surface area contributed by atoms with Crippen LogP contribution in [0.1, 0.15) is 38.1 Å². The van der Waals surface area contributed by atoms with Crippen molar-refractivity contribution in [3.05, 3.63) is 70.4 Å². The number of anilines is 1. The van der Waals surface area contributed by atoms with Gasteiger partial charge in [-0.05, 0) is 69.7 Å². The summed E-state index contributed by atoms with van der Waals surface area (Å²) < 4.78 is 22.2. The number of ether oxygens (including phenoxy) is 3. The Hall–Kier alpha value is -4.33. The normalized spacial score (nSPS) is 11.4. The van der Waals surface area contributed by atoms with Crippen molar-refractivity contribution >= 4 is 28.6 Å². The molecule has 0 fully saturated rings. The lowest BCUT2D eigenvalue weighted by Gasteiger charge is -2.20. The van der Waals surface area contributed by atoms with Crippen molar-refractivity contribution in [3.63, 3.8) is 0 Å². The molecule has 1 aliphatic heterocycles. The molecule has 0 saturated carbocycles. The van der Waals surface area contributed by atoms with Crippen LogP contribution in [0.3, 0.4) is 0 Å². The smallest absolute Gasteiger partial charge is 0.344 e. The number of rotatable bonds is 6. The van der Waals surface area contributed by atoms with Crippen LogP contribution in [0, 0.1) is 0 Å². The first-order chi connectivity index (χ1) is 17.1. The van der Waals surface area contributed by atoms with Gasteiger partial charge in [-0.25, -0.2) is 9.59 Å². The topological polar surface area (TPSA) is 118 Å². The molecule has 2 N–H and O–H groups in total. The van der Waals surface area contributed by atoms with Crippen molar-refractivity contribution in [2.24, 2.45) is 0 Å². The second kappa shape index (κ2) is 9.73. The number of nitrogens with two attached hydrogens (primary N) is 1. The summed E-state index contributed by atoms with van der Waals surface area (Å²) in [5, 5.41) is 0.668. The maximum Gasteiger partial charge on any atom is 0.344 e. The van der Waals surface area contributed by atoms with Gasteiger partial charge in [0.05, 0.1) is 12.2 Å². The Morgan fingerprint density at radius 1 is 0.972 bits per heavy atom. The fourth-order valence-corrected chi connectivity index (χ4v) is 3.90. The molecule has 1 heterocycles. The molecule has 0 bridgehead atoms. The van der Waals surface area contributed by atoms with E-state index >= 15 is 0 Å². The highest BCUT2D eigenvalue weighted by Crippen LogP contribution is 2.42. The van der Waals surface area contributed by atoms with Crippen molar-refractivity contribution in [1.82, 2.24) is 0 Å². The minimum absolute atomic E-state index is 0.205. The van der Waals surface area contributed by atoms with Crippen molar-refractivity contribution in [3.8, 4) is 28.2 Å². The van der Waals surface area contributed by atoms with E-state index in [-0.39, 0.29) is 18.6 Å². The minimum Gasteiger partial charge on any atom is -0.482 e. The first-order valence-electron chi connectivity index (χ1n) is 11.5. The van der Waals surface area contributed by atoms with E-state index in [1.165, 1.54) is 12.1 Å². The molecule has 36 heavy (non-hydrogen) atoms. The summed E-state index contributed by atoms with van der Waals surface area (Å²) >= 11 is 0. The van der Waals surface area contributed by atoms with Crippen LogP contribution in [0.15, 0.2) is 63.8 Å². The molecule has 0 unspecified atom stereocenters. The zero-order valence-electron chi connectivity index (χ0n) is 20.5. The third-order valence-corrected chi connectivity index (χ3v) is 5.25. The predicted octanol–water partition coefficient (Wildman–Crippen LogP) is 5.04. The van der Waals surface area contributed by atoms with Gasteiger partial charge in [-0.15, -0.1) is 0 Å². The van der Waals surface area contributed by atoms with Crippen LogP contribution < -0.4 is 15.9 Å². The van der Waals surface area contributed by atoms with Crippen molar-refractivity contribution in [1.29, 1.82) is 0 Å². The third-order valence-electron chi connectivity index (χ3n) is 5.25. The van der Waals surface area contributed by atoms with E-state index in [1.807, 2.05) is 0 Å². The summed E-state index contributed by atoms with van der Waals surface area (Å²) in [7, 11) is 0. The number of carbonyl (C=O) groups is 2. The first kappa shape index (κ1) is 24.8. The molecule has 2 aromatic carbocycles. The number of hydrogen-bond donors (Lipinski definition) is 1. The Balaban J connectivity index is 1.87. The lowest BCUT2D eigenvalue weighted by atomic mass is 9.90. The SMILES string of the molecule is CCOC(=O)c1cc(N)ccc1-c1c2ccc(=O)cc-2oc2cc(OCC(=O)OC(C)(C)C)ccc12. The zero-order chi connectivity index (χ0) is 26.0. The molecule has 8 nitrogen and oxygen atoms in total. The average Bonchev–Trinajstić information content (AvgIpc) is 2.80. The quantitative estimate of drug-likeness (QED) is 0.227. The molecule has 2 aliphatic rings. The van der Waals surface area contributed by atoms with Crippen LogP contribution in [0.25, 0.3) is 33.4 Å². The fourth-order valence-electron chi connectivity index (χ4n) is 3.90. The van der Waals surface area contributed by atoms with Gasteiger partial charge in [-0.2, -0.15) is 0 Å². The Morgan fingerprint density at radius 2 is 1.72 bits per heavy atom. The fraction of sp³-hybridized carbons (Fsp3) is 0.250. The standard InChI is InChI=1S/C28H27NO7/c1-5-33-27(32)22-12-16(29)6-9-19(22)26-20-10-7-17(30)13-23(20)35-24-14-18(8-11-21(24)26)34-15-25(31)36-28(2,3)4/h6-14H,5,15,29H2,1-4H3.